The standard InChI is InChI=1S/C37H72/c1-3-5-7-9-11-13-15-17-19-21-23-25-27-29-31-33-35-37-36-34-32-30-28-26-24-22-20-18-16-14-12-10-8-6-4-2/h3,34,36H,1,4-33,35,37H2,2H3. The van der Waals surface area contributed by atoms with E-state index in [1.165, 1.54) is 205 Å². The zero-order valence-corrected chi connectivity index (χ0v) is 26.1. The van der Waals surface area contributed by atoms with Gasteiger partial charge in [0.2, 0.25) is 0 Å². The first-order valence-corrected chi connectivity index (χ1v) is 17.7. The summed E-state index contributed by atoms with van der Waals surface area (Å²) < 4.78 is 0. The minimum atomic E-state index is 1.20. The Labute approximate surface area is 236 Å². The molecule has 220 valence electrons. The average Bonchev–Trinajstić information content (AvgIpc) is 2.91. The Morgan fingerprint density at radius 1 is 0.297 bits per heavy atom. The molecule has 0 aromatic heterocycles. The maximum absolute atomic E-state index is 3.80. The molecule has 0 nitrogen and oxygen atoms in total. The van der Waals surface area contributed by atoms with E-state index in [2.05, 4.69) is 31.7 Å². The van der Waals surface area contributed by atoms with Gasteiger partial charge in [0.25, 0.3) is 0 Å². The van der Waals surface area contributed by atoms with E-state index in [0.29, 0.717) is 0 Å². The molecule has 0 aliphatic rings. The first kappa shape index (κ1) is 36.5. The molecule has 0 bridgehead atoms. The number of allylic oxidation sites excluding steroid dienone is 3. The SMILES string of the molecule is C=CCCCCCCCCCCCCCCCCCC=CCCCCCCCCCCCCCCCC. The molecule has 0 radical (unpaired) electrons. The molecule has 0 aromatic carbocycles. The number of hydrogen-bond donors (Lipinski definition) is 0. The molecule has 0 rings (SSSR count). The van der Waals surface area contributed by atoms with Gasteiger partial charge in [-0.2, -0.15) is 0 Å². The Bertz CT molecular complexity index is 420. The van der Waals surface area contributed by atoms with Gasteiger partial charge in [-0.1, -0.05) is 192 Å². The summed E-state index contributed by atoms with van der Waals surface area (Å²) in [6.45, 7) is 6.10. The summed E-state index contributed by atoms with van der Waals surface area (Å²) in [7, 11) is 0. The highest BCUT2D eigenvalue weighted by Gasteiger charge is 1.96. The van der Waals surface area contributed by atoms with E-state index in [-0.39, 0.29) is 0 Å². The first-order chi connectivity index (χ1) is 18.4. The van der Waals surface area contributed by atoms with Gasteiger partial charge >= 0.3 is 0 Å². The Hall–Kier alpha value is -0.520. The molecular formula is C37H72. The molecule has 0 aromatic rings. The second kappa shape index (κ2) is 35.5. The molecule has 0 amide bonds. The highest BCUT2D eigenvalue weighted by atomic mass is 14.0. The van der Waals surface area contributed by atoms with Crippen LogP contribution in [0.1, 0.15) is 212 Å². The lowest BCUT2D eigenvalue weighted by molar-refractivity contribution is 0.531. The van der Waals surface area contributed by atoms with Crippen LogP contribution in [0.15, 0.2) is 24.8 Å². The van der Waals surface area contributed by atoms with Crippen molar-refractivity contribution in [2.75, 3.05) is 0 Å². The summed E-state index contributed by atoms with van der Waals surface area (Å²) in [5.74, 6) is 0. The van der Waals surface area contributed by atoms with E-state index >= 15 is 0 Å². The van der Waals surface area contributed by atoms with Gasteiger partial charge in [0.15, 0.2) is 0 Å². The molecule has 0 heteroatoms. The number of rotatable bonds is 33. The molecule has 0 unspecified atom stereocenters. The van der Waals surface area contributed by atoms with Crippen LogP contribution in [0.25, 0.3) is 0 Å². The van der Waals surface area contributed by atoms with Crippen molar-refractivity contribution in [1.29, 1.82) is 0 Å². The van der Waals surface area contributed by atoms with Crippen LogP contribution in [-0.2, 0) is 0 Å². The van der Waals surface area contributed by atoms with E-state index in [4.69, 9.17) is 0 Å². The van der Waals surface area contributed by atoms with Crippen molar-refractivity contribution in [3.05, 3.63) is 24.8 Å². The fraction of sp³-hybridized carbons (Fsp3) is 0.892. The lowest BCUT2D eigenvalue weighted by atomic mass is 10.0. The summed E-state index contributed by atoms with van der Waals surface area (Å²) in [4.78, 5) is 0. The van der Waals surface area contributed by atoms with E-state index in [9.17, 15) is 0 Å². The molecular weight excluding hydrogens is 444 g/mol. The van der Waals surface area contributed by atoms with E-state index < -0.39 is 0 Å². The van der Waals surface area contributed by atoms with Crippen LogP contribution < -0.4 is 0 Å². The maximum atomic E-state index is 3.80. The minimum absolute atomic E-state index is 1.20. The topological polar surface area (TPSA) is 0 Å². The van der Waals surface area contributed by atoms with Crippen LogP contribution in [0.3, 0.4) is 0 Å². The number of hydrogen-bond acceptors (Lipinski definition) is 0. The second-order valence-electron chi connectivity index (χ2n) is 12.0. The molecule has 0 spiro atoms. The molecule has 0 N–H and O–H groups in total. The summed E-state index contributed by atoms with van der Waals surface area (Å²) >= 11 is 0. The largest absolute Gasteiger partial charge is 0.103 e. The van der Waals surface area contributed by atoms with Crippen molar-refractivity contribution < 1.29 is 0 Å². The van der Waals surface area contributed by atoms with Gasteiger partial charge in [0.05, 0.1) is 0 Å². The first-order valence-electron chi connectivity index (χ1n) is 17.7. The number of unbranched alkanes of at least 4 members (excludes halogenated alkanes) is 30. The van der Waals surface area contributed by atoms with Crippen LogP contribution in [-0.4, -0.2) is 0 Å². The predicted octanol–water partition coefficient (Wildman–Crippen LogP) is 14.2. The lowest BCUT2D eigenvalue weighted by Crippen LogP contribution is -1.83. The Kier molecular flexibility index (Phi) is 35.0. The fourth-order valence-corrected chi connectivity index (χ4v) is 5.54. The van der Waals surface area contributed by atoms with Gasteiger partial charge < -0.3 is 0 Å². The third kappa shape index (κ3) is 35.5. The Balaban J connectivity index is 3.08. The molecule has 0 atom stereocenters. The zero-order chi connectivity index (χ0) is 26.7. The quantitative estimate of drug-likeness (QED) is 0.0601. The zero-order valence-electron chi connectivity index (χ0n) is 26.1. The summed E-state index contributed by atoms with van der Waals surface area (Å²) in [5.41, 5.74) is 0. The molecule has 37 heavy (non-hydrogen) atoms. The Morgan fingerprint density at radius 3 is 0.757 bits per heavy atom. The molecule has 0 saturated carbocycles. The van der Waals surface area contributed by atoms with Crippen LogP contribution in [0.2, 0.25) is 0 Å². The van der Waals surface area contributed by atoms with Crippen molar-refractivity contribution in [2.45, 2.75) is 212 Å². The van der Waals surface area contributed by atoms with Crippen molar-refractivity contribution >= 4 is 0 Å². The molecule has 0 heterocycles. The monoisotopic (exact) mass is 517 g/mol. The lowest BCUT2D eigenvalue weighted by Gasteiger charge is -2.03. The van der Waals surface area contributed by atoms with Gasteiger partial charge in [-0.3, -0.25) is 0 Å². The minimum Gasteiger partial charge on any atom is -0.103 e. The van der Waals surface area contributed by atoms with E-state index in [0.717, 1.165) is 0 Å². The molecule has 0 saturated heterocycles. The van der Waals surface area contributed by atoms with Gasteiger partial charge in [0.1, 0.15) is 0 Å². The van der Waals surface area contributed by atoms with E-state index in [1.807, 2.05) is 0 Å². The third-order valence-electron chi connectivity index (χ3n) is 8.17. The highest BCUT2D eigenvalue weighted by Crippen LogP contribution is 2.15. The van der Waals surface area contributed by atoms with Crippen LogP contribution in [0, 0.1) is 0 Å². The van der Waals surface area contributed by atoms with Crippen molar-refractivity contribution in [3.63, 3.8) is 0 Å². The van der Waals surface area contributed by atoms with Gasteiger partial charge in [-0.15, -0.1) is 6.58 Å². The van der Waals surface area contributed by atoms with Crippen molar-refractivity contribution in [2.24, 2.45) is 0 Å². The second-order valence-corrected chi connectivity index (χ2v) is 12.0. The third-order valence-corrected chi connectivity index (χ3v) is 8.17. The van der Waals surface area contributed by atoms with Crippen LogP contribution in [0.4, 0.5) is 0 Å². The van der Waals surface area contributed by atoms with Crippen molar-refractivity contribution in [3.8, 4) is 0 Å². The summed E-state index contributed by atoms with van der Waals surface area (Å²) in [6.07, 6.45) is 52.9. The van der Waals surface area contributed by atoms with E-state index in [1.54, 1.807) is 0 Å². The normalized spacial score (nSPS) is 11.6. The fourth-order valence-electron chi connectivity index (χ4n) is 5.54. The van der Waals surface area contributed by atoms with Crippen molar-refractivity contribution in [1.82, 2.24) is 0 Å². The highest BCUT2D eigenvalue weighted by molar-refractivity contribution is 4.81. The Morgan fingerprint density at radius 2 is 0.514 bits per heavy atom. The van der Waals surface area contributed by atoms with Gasteiger partial charge in [-0.25, -0.2) is 0 Å². The predicted molar refractivity (Wildman–Crippen MR) is 173 cm³/mol. The van der Waals surface area contributed by atoms with Gasteiger partial charge in [0, 0.05) is 0 Å². The molecule has 0 aliphatic carbocycles. The summed E-state index contributed by atoms with van der Waals surface area (Å²) in [5, 5.41) is 0. The van der Waals surface area contributed by atoms with Crippen LogP contribution in [0.5, 0.6) is 0 Å². The summed E-state index contributed by atoms with van der Waals surface area (Å²) in [6, 6.07) is 0. The van der Waals surface area contributed by atoms with Crippen LogP contribution >= 0.6 is 0 Å². The molecule has 0 fully saturated rings. The van der Waals surface area contributed by atoms with Gasteiger partial charge in [-0.05, 0) is 38.5 Å². The average molecular weight is 517 g/mol. The molecule has 0 aliphatic heterocycles. The maximum Gasteiger partial charge on any atom is -0.0351 e. The smallest absolute Gasteiger partial charge is 0.0351 e.